The molecule has 0 fully saturated rings. The van der Waals surface area contributed by atoms with Crippen LogP contribution in [0.1, 0.15) is 5.56 Å². The number of esters is 1. The van der Waals surface area contributed by atoms with Gasteiger partial charge in [0.1, 0.15) is 11.8 Å². The zero-order chi connectivity index (χ0) is 16.8. The molecule has 0 aliphatic carbocycles. The monoisotopic (exact) mass is 317 g/mol. The molecule has 3 aromatic rings. The molecule has 0 amide bonds. The maximum Gasteiger partial charge on any atom is 0.328 e. The molecule has 0 aliphatic rings. The van der Waals surface area contributed by atoms with Crippen molar-refractivity contribution < 1.29 is 9.53 Å². The second-order valence-electron chi connectivity index (χ2n) is 5.61. The number of carbonyl (C=O) groups is 1. The van der Waals surface area contributed by atoms with E-state index in [-0.39, 0.29) is 0 Å². The third-order valence-electron chi connectivity index (χ3n) is 3.78. The standard InChI is InChI=1S/C21H19NO2/c22-20(15-16-7-3-1-4-8-16)21(23)24-19-13-11-18(12-14-19)17-9-5-2-6-10-17/h1-14,20H,15,22H2/t20-/m0/s1. The average molecular weight is 317 g/mol. The Balaban J connectivity index is 1.62. The summed E-state index contributed by atoms with van der Waals surface area (Å²) in [6.07, 6.45) is 0.460. The van der Waals surface area contributed by atoms with E-state index in [1.54, 1.807) is 12.1 Å². The normalized spacial score (nSPS) is 11.7. The van der Waals surface area contributed by atoms with Crippen LogP contribution in [0.4, 0.5) is 0 Å². The molecule has 0 spiro atoms. The first-order valence-electron chi connectivity index (χ1n) is 7.89. The highest BCUT2D eigenvalue weighted by atomic mass is 16.5. The van der Waals surface area contributed by atoms with Gasteiger partial charge in [-0.1, -0.05) is 72.8 Å². The van der Waals surface area contributed by atoms with Gasteiger partial charge in [-0.25, -0.2) is 4.79 Å². The van der Waals surface area contributed by atoms with Gasteiger partial charge >= 0.3 is 5.97 Å². The molecule has 0 aliphatic heterocycles. The van der Waals surface area contributed by atoms with Crippen LogP contribution in [0.15, 0.2) is 84.9 Å². The number of carbonyl (C=O) groups excluding carboxylic acids is 1. The van der Waals surface area contributed by atoms with Gasteiger partial charge in [-0.15, -0.1) is 0 Å². The largest absolute Gasteiger partial charge is 0.425 e. The van der Waals surface area contributed by atoms with E-state index in [4.69, 9.17) is 10.5 Å². The molecule has 0 saturated heterocycles. The van der Waals surface area contributed by atoms with Gasteiger partial charge < -0.3 is 10.5 Å². The smallest absolute Gasteiger partial charge is 0.328 e. The molecule has 0 heterocycles. The highest BCUT2D eigenvalue weighted by molar-refractivity contribution is 5.78. The molecule has 3 aromatic carbocycles. The van der Waals surface area contributed by atoms with Crippen LogP contribution in [-0.4, -0.2) is 12.0 Å². The van der Waals surface area contributed by atoms with E-state index in [1.165, 1.54) is 0 Å². The molecule has 1 atom stereocenters. The third-order valence-corrected chi connectivity index (χ3v) is 3.78. The van der Waals surface area contributed by atoms with Gasteiger partial charge in [0.2, 0.25) is 0 Å². The van der Waals surface area contributed by atoms with E-state index in [9.17, 15) is 4.79 Å². The number of hydrogen-bond donors (Lipinski definition) is 1. The Morgan fingerprint density at radius 1 is 0.792 bits per heavy atom. The van der Waals surface area contributed by atoms with Crippen molar-refractivity contribution in [3.63, 3.8) is 0 Å². The van der Waals surface area contributed by atoms with E-state index < -0.39 is 12.0 Å². The molecule has 0 bridgehead atoms. The first kappa shape index (κ1) is 16.0. The molecule has 24 heavy (non-hydrogen) atoms. The second kappa shape index (κ2) is 7.57. The second-order valence-corrected chi connectivity index (χ2v) is 5.61. The van der Waals surface area contributed by atoms with Gasteiger partial charge in [0.05, 0.1) is 0 Å². The first-order valence-corrected chi connectivity index (χ1v) is 7.89. The Bertz CT molecular complexity index is 783. The fourth-order valence-corrected chi connectivity index (χ4v) is 2.49. The molecular weight excluding hydrogens is 298 g/mol. The zero-order valence-electron chi connectivity index (χ0n) is 13.3. The number of benzene rings is 3. The lowest BCUT2D eigenvalue weighted by atomic mass is 10.1. The van der Waals surface area contributed by atoms with Gasteiger partial charge in [-0.05, 0) is 35.2 Å². The molecular formula is C21H19NO2. The minimum atomic E-state index is -0.679. The minimum Gasteiger partial charge on any atom is -0.425 e. The van der Waals surface area contributed by atoms with Crippen molar-refractivity contribution >= 4 is 5.97 Å². The van der Waals surface area contributed by atoms with Crippen molar-refractivity contribution in [3.8, 4) is 16.9 Å². The van der Waals surface area contributed by atoms with Crippen LogP contribution in [0.3, 0.4) is 0 Å². The van der Waals surface area contributed by atoms with Gasteiger partial charge in [0, 0.05) is 0 Å². The predicted octanol–water partition coefficient (Wildman–Crippen LogP) is 3.83. The highest BCUT2D eigenvalue weighted by Gasteiger charge is 2.16. The summed E-state index contributed by atoms with van der Waals surface area (Å²) in [4.78, 5) is 12.1. The molecule has 0 saturated carbocycles. The first-order chi connectivity index (χ1) is 11.7. The van der Waals surface area contributed by atoms with Crippen molar-refractivity contribution in [3.05, 3.63) is 90.5 Å². The fraction of sp³-hybridized carbons (Fsp3) is 0.0952. The van der Waals surface area contributed by atoms with E-state index in [1.807, 2.05) is 72.8 Å². The molecule has 3 rings (SSSR count). The molecule has 0 radical (unpaired) electrons. The summed E-state index contributed by atoms with van der Waals surface area (Å²) in [5.41, 5.74) is 9.15. The summed E-state index contributed by atoms with van der Waals surface area (Å²) in [7, 11) is 0. The SMILES string of the molecule is N[C@@H](Cc1ccccc1)C(=O)Oc1ccc(-c2ccccc2)cc1. The lowest BCUT2D eigenvalue weighted by molar-refractivity contribution is -0.135. The van der Waals surface area contributed by atoms with Crippen LogP contribution in [0, 0.1) is 0 Å². The Hall–Kier alpha value is -2.91. The zero-order valence-corrected chi connectivity index (χ0v) is 13.3. The Kier molecular flexibility index (Phi) is 5.04. The summed E-state index contributed by atoms with van der Waals surface area (Å²) in [5.74, 6) is 0.0782. The van der Waals surface area contributed by atoms with E-state index >= 15 is 0 Å². The van der Waals surface area contributed by atoms with Crippen molar-refractivity contribution in [1.29, 1.82) is 0 Å². The Morgan fingerprint density at radius 3 is 1.96 bits per heavy atom. The number of rotatable bonds is 5. The molecule has 3 nitrogen and oxygen atoms in total. The Labute approximate surface area is 141 Å². The van der Waals surface area contributed by atoms with E-state index in [0.717, 1.165) is 16.7 Å². The van der Waals surface area contributed by atoms with Crippen molar-refractivity contribution in [2.75, 3.05) is 0 Å². The number of ether oxygens (including phenoxy) is 1. The van der Waals surface area contributed by atoms with Gasteiger partial charge in [0.15, 0.2) is 0 Å². The van der Waals surface area contributed by atoms with Crippen LogP contribution < -0.4 is 10.5 Å². The quantitative estimate of drug-likeness (QED) is 0.575. The maximum atomic E-state index is 12.1. The molecule has 0 unspecified atom stereocenters. The summed E-state index contributed by atoms with van der Waals surface area (Å²) in [5, 5.41) is 0. The maximum absolute atomic E-state index is 12.1. The number of hydrogen-bond acceptors (Lipinski definition) is 3. The van der Waals surface area contributed by atoms with Gasteiger partial charge in [-0.2, -0.15) is 0 Å². The topological polar surface area (TPSA) is 52.3 Å². The van der Waals surface area contributed by atoms with Crippen molar-refractivity contribution in [1.82, 2.24) is 0 Å². The minimum absolute atomic E-state index is 0.425. The summed E-state index contributed by atoms with van der Waals surface area (Å²) < 4.78 is 5.38. The highest BCUT2D eigenvalue weighted by Crippen LogP contribution is 2.22. The third kappa shape index (κ3) is 4.09. The van der Waals surface area contributed by atoms with E-state index in [2.05, 4.69) is 0 Å². The van der Waals surface area contributed by atoms with E-state index in [0.29, 0.717) is 12.2 Å². The average Bonchev–Trinajstić information content (AvgIpc) is 2.64. The van der Waals surface area contributed by atoms with Crippen LogP contribution in [0.5, 0.6) is 5.75 Å². The summed E-state index contributed by atoms with van der Waals surface area (Å²) in [6, 6.07) is 26.5. The van der Waals surface area contributed by atoms with Gasteiger partial charge in [0.25, 0.3) is 0 Å². The molecule has 120 valence electrons. The molecule has 2 N–H and O–H groups in total. The lowest BCUT2D eigenvalue weighted by Gasteiger charge is -2.11. The number of nitrogens with two attached hydrogens (primary N) is 1. The van der Waals surface area contributed by atoms with Crippen LogP contribution in [0.25, 0.3) is 11.1 Å². The predicted molar refractivity (Wildman–Crippen MR) is 95.6 cm³/mol. The fourth-order valence-electron chi connectivity index (χ4n) is 2.49. The summed E-state index contributed by atoms with van der Waals surface area (Å²) >= 11 is 0. The molecule has 0 aromatic heterocycles. The molecule has 3 heteroatoms. The Morgan fingerprint density at radius 2 is 1.33 bits per heavy atom. The van der Waals surface area contributed by atoms with Crippen LogP contribution in [0.2, 0.25) is 0 Å². The lowest BCUT2D eigenvalue weighted by Crippen LogP contribution is -2.36. The summed E-state index contributed by atoms with van der Waals surface area (Å²) in [6.45, 7) is 0. The van der Waals surface area contributed by atoms with Gasteiger partial charge in [-0.3, -0.25) is 0 Å². The van der Waals surface area contributed by atoms with Crippen molar-refractivity contribution in [2.24, 2.45) is 5.73 Å². The van der Waals surface area contributed by atoms with Crippen molar-refractivity contribution in [2.45, 2.75) is 12.5 Å². The van der Waals surface area contributed by atoms with Crippen LogP contribution in [-0.2, 0) is 11.2 Å². The van der Waals surface area contributed by atoms with Crippen LogP contribution >= 0.6 is 0 Å².